The van der Waals surface area contributed by atoms with Gasteiger partial charge in [-0.15, -0.1) is 0 Å². The molecule has 0 heterocycles. The van der Waals surface area contributed by atoms with Gasteiger partial charge >= 0.3 is 6.18 Å². The van der Waals surface area contributed by atoms with Gasteiger partial charge in [0.2, 0.25) is 0 Å². The summed E-state index contributed by atoms with van der Waals surface area (Å²) in [6.07, 6.45) is 4.87. The lowest BCUT2D eigenvalue weighted by atomic mass is 10.1. The van der Waals surface area contributed by atoms with E-state index in [0.29, 0.717) is 6.54 Å². The summed E-state index contributed by atoms with van der Waals surface area (Å²) < 4.78 is 36.8. The van der Waals surface area contributed by atoms with E-state index < -0.39 is 12.7 Å². The maximum Gasteiger partial charge on any atom is 0.401 e. The maximum atomic E-state index is 12.3. The first-order chi connectivity index (χ1) is 8.99. The van der Waals surface area contributed by atoms with E-state index in [0.717, 1.165) is 19.3 Å². The minimum Gasteiger partial charge on any atom is -0.395 e. The van der Waals surface area contributed by atoms with Gasteiger partial charge in [0, 0.05) is 6.54 Å². The van der Waals surface area contributed by atoms with Gasteiger partial charge in [0.1, 0.15) is 0 Å². The van der Waals surface area contributed by atoms with Gasteiger partial charge in [0.05, 0.1) is 13.2 Å². The molecule has 0 bridgehead atoms. The minimum absolute atomic E-state index is 0.107. The molecule has 0 saturated carbocycles. The second kappa shape index (κ2) is 11.5. The van der Waals surface area contributed by atoms with E-state index in [1.807, 2.05) is 0 Å². The lowest BCUT2D eigenvalue weighted by Crippen LogP contribution is -2.36. The Bertz CT molecular complexity index is 198. The van der Waals surface area contributed by atoms with Gasteiger partial charge in [0.15, 0.2) is 0 Å². The zero-order chi connectivity index (χ0) is 14.6. The zero-order valence-electron chi connectivity index (χ0n) is 12.0. The standard InChI is InChI=1S/C14H28F3NO/c1-2-3-4-5-6-7-8-9-10-18(11-12-19)13-14(15,16)17/h19H,2-13H2,1H3. The van der Waals surface area contributed by atoms with Crippen LogP contribution in [-0.2, 0) is 0 Å². The summed E-state index contributed by atoms with van der Waals surface area (Å²) in [5.74, 6) is 0. The number of nitrogens with zero attached hydrogens (tertiary/aromatic N) is 1. The molecule has 0 aliphatic heterocycles. The number of alkyl halides is 3. The molecule has 0 aliphatic carbocycles. The van der Waals surface area contributed by atoms with Crippen LogP contribution in [0.4, 0.5) is 13.2 Å². The molecule has 0 amide bonds. The van der Waals surface area contributed by atoms with Crippen LogP contribution in [-0.4, -0.2) is 42.4 Å². The van der Waals surface area contributed by atoms with Crippen molar-refractivity contribution < 1.29 is 18.3 Å². The summed E-state index contributed by atoms with van der Waals surface area (Å²) in [6, 6.07) is 0. The van der Waals surface area contributed by atoms with Crippen molar-refractivity contribution in [2.75, 3.05) is 26.2 Å². The fourth-order valence-electron chi connectivity index (χ4n) is 2.13. The largest absolute Gasteiger partial charge is 0.401 e. The third-order valence-corrected chi connectivity index (χ3v) is 3.15. The van der Waals surface area contributed by atoms with Crippen molar-refractivity contribution >= 4 is 0 Å². The van der Waals surface area contributed by atoms with Crippen LogP contribution >= 0.6 is 0 Å². The predicted molar refractivity (Wildman–Crippen MR) is 72.2 cm³/mol. The number of hydrogen-bond donors (Lipinski definition) is 1. The second-order valence-corrected chi connectivity index (χ2v) is 5.09. The van der Waals surface area contributed by atoms with Gasteiger partial charge in [-0.25, -0.2) is 0 Å². The van der Waals surface area contributed by atoms with Gasteiger partial charge in [-0.1, -0.05) is 51.9 Å². The monoisotopic (exact) mass is 283 g/mol. The van der Waals surface area contributed by atoms with Crippen LogP contribution in [0.1, 0.15) is 58.3 Å². The first-order valence-corrected chi connectivity index (χ1v) is 7.39. The van der Waals surface area contributed by atoms with E-state index in [1.54, 1.807) is 0 Å². The molecule has 0 aliphatic rings. The van der Waals surface area contributed by atoms with Crippen LogP contribution < -0.4 is 0 Å². The Morgan fingerprint density at radius 1 is 0.842 bits per heavy atom. The number of halogens is 3. The van der Waals surface area contributed by atoms with Crippen LogP contribution in [0, 0.1) is 0 Å². The topological polar surface area (TPSA) is 23.5 Å². The van der Waals surface area contributed by atoms with E-state index in [-0.39, 0.29) is 13.2 Å². The highest BCUT2D eigenvalue weighted by Gasteiger charge is 2.30. The quantitative estimate of drug-likeness (QED) is 0.548. The first-order valence-electron chi connectivity index (χ1n) is 7.39. The lowest BCUT2D eigenvalue weighted by molar-refractivity contribution is -0.146. The highest BCUT2D eigenvalue weighted by atomic mass is 19.4. The fourth-order valence-corrected chi connectivity index (χ4v) is 2.13. The predicted octanol–water partition coefficient (Wildman–Crippen LogP) is 3.98. The molecule has 0 atom stereocenters. The van der Waals surface area contributed by atoms with Crippen molar-refractivity contribution in [3.05, 3.63) is 0 Å². The molecule has 5 heteroatoms. The van der Waals surface area contributed by atoms with Crippen molar-refractivity contribution in [3.63, 3.8) is 0 Å². The number of unbranched alkanes of at least 4 members (excludes halogenated alkanes) is 7. The average molecular weight is 283 g/mol. The van der Waals surface area contributed by atoms with Crippen LogP contribution in [0.15, 0.2) is 0 Å². The van der Waals surface area contributed by atoms with Gasteiger partial charge < -0.3 is 5.11 Å². The van der Waals surface area contributed by atoms with Crippen molar-refractivity contribution in [2.45, 2.75) is 64.5 Å². The van der Waals surface area contributed by atoms with Crippen molar-refractivity contribution in [2.24, 2.45) is 0 Å². The molecule has 19 heavy (non-hydrogen) atoms. The van der Waals surface area contributed by atoms with E-state index in [4.69, 9.17) is 5.11 Å². The van der Waals surface area contributed by atoms with Crippen molar-refractivity contribution in [3.8, 4) is 0 Å². The molecule has 0 aromatic rings. The minimum atomic E-state index is -4.17. The van der Waals surface area contributed by atoms with E-state index in [2.05, 4.69) is 6.92 Å². The summed E-state index contributed by atoms with van der Waals surface area (Å²) in [5, 5.41) is 8.75. The Morgan fingerprint density at radius 3 is 1.84 bits per heavy atom. The fraction of sp³-hybridized carbons (Fsp3) is 1.00. The normalized spacial score (nSPS) is 12.3. The average Bonchev–Trinajstić information content (AvgIpc) is 2.31. The van der Waals surface area contributed by atoms with Crippen molar-refractivity contribution in [1.29, 1.82) is 0 Å². The molecule has 0 aromatic heterocycles. The molecule has 0 rings (SSSR count). The molecular formula is C14H28F3NO. The smallest absolute Gasteiger partial charge is 0.395 e. The maximum absolute atomic E-state index is 12.3. The Morgan fingerprint density at radius 2 is 1.37 bits per heavy atom. The Kier molecular flexibility index (Phi) is 11.4. The van der Waals surface area contributed by atoms with Gasteiger partial charge in [0.25, 0.3) is 0 Å². The molecule has 0 aromatic carbocycles. The number of aliphatic hydroxyl groups excluding tert-OH is 1. The Balaban J connectivity index is 3.53. The van der Waals surface area contributed by atoms with Crippen LogP contribution in [0.25, 0.3) is 0 Å². The number of hydrogen-bond acceptors (Lipinski definition) is 2. The summed E-state index contributed by atoms with van der Waals surface area (Å²) in [4.78, 5) is 1.29. The lowest BCUT2D eigenvalue weighted by Gasteiger charge is -2.22. The van der Waals surface area contributed by atoms with Crippen LogP contribution in [0.3, 0.4) is 0 Å². The van der Waals surface area contributed by atoms with Crippen molar-refractivity contribution in [1.82, 2.24) is 4.90 Å². The summed E-state index contributed by atoms with van der Waals surface area (Å²) in [6.45, 7) is 1.58. The molecule has 0 saturated heterocycles. The molecule has 2 nitrogen and oxygen atoms in total. The molecule has 1 N–H and O–H groups in total. The van der Waals surface area contributed by atoms with Gasteiger partial charge in [-0.3, -0.25) is 4.90 Å². The molecular weight excluding hydrogens is 255 g/mol. The summed E-state index contributed by atoms with van der Waals surface area (Å²) in [5.41, 5.74) is 0. The molecule has 116 valence electrons. The van der Waals surface area contributed by atoms with Gasteiger partial charge in [-0.05, 0) is 13.0 Å². The third kappa shape index (κ3) is 13.9. The number of aliphatic hydroxyl groups is 1. The summed E-state index contributed by atoms with van der Waals surface area (Å²) >= 11 is 0. The van der Waals surface area contributed by atoms with Crippen LogP contribution in [0.2, 0.25) is 0 Å². The molecule has 0 spiro atoms. The SMILES string of the molecule is CCCCCCCCCCN(CCO)CC(F)(F)F. The highest BCUT2D eigenvalue weighted by molar-refractivity contribution is 4.63. The first kappa shape index (κ1) is 18.7. The highest BCUT2D eigenvalue weighted by Crippen LogP contribution is 2.17. The second-order valence-electron chi connectivity index (χ2n) is 5.09. The van der Waals surface area contributed by atoms with E-state index in [1.165, 1.54) is 37.0 Å². The van der Waals surface area contributed by atoms with Crippen LogP contribution in [0.5, 0.6) is 0 Å². The zero-order valence-corrected chi connectivity index (χ0v) is 12.0. The third-order valence-electron chi connectivity index (χ3n) is 3.15. The van der Waals surface area contributed by atoms with E-state index in [9.17, 15) is 13.2 Å². The Labute approximate surface area is 115 Å². The molecule has 0 fully saturated rings. The summed E-state index contributed by atoms with van der Waals surface area (Å²) in [7, 11) is 0. The Hall–Kier alpha value is -0.290. The molecule has 0 radical (unpaired) electrons. The molecule has 0 unspecified atom stereocenters. The van der Waals surface area contributed by atoms with Gasteiger partial charge in [-0.2, -0.15) is 13.2 Å². The number of rotatable bonds is 12. The van der Waals surface area contributed by atoms with E-state index >= 15 is 0 Å².